The third kappa shape index (κ3) is 6.91. The van der Waals surface area contributed by atoms with E-state index in [0.29, 0.717) is 24.7 Å². The highest BCUT2D eigenvalue weighted by atomic mass is 16.5. The highest BCUT2D eigenvalue weighted by molar-refractivity contribution is 5.22. The van der Waals surface area contributed by atoms with E-state index < -0.39 is 0 Å². The topological polar surface area (TPSA) is 37.4 Å². The van der Waals surface area contributed by atoms with Crippen molar-refractivity contribution in [2.24, 2.45) is 0 Å². The molecule has 0 spiro atoms. The normalized spacial score (nSPS) is 11.9. The molecule has 21 heavy (non-hydrogen) atoms. The molecule has 4 nitrogen and oxygen atoms in total. The van der Waals surface area contributed by atoms with E-state index in [0.717, 1.165) is 24.5 Å². The Balaban J connectivity index is 2.46. The fourth-order valence-corrected chi connectivity index (χ4v) is 2.33. The minimum atomic E-state index is 0.460. The van der Waals surface area contributed by atoms with Gasteiger partial charge in [-0.25, -0.2) is 0 Å². The fourth-order valence-electron chi connectivity index (χ4n) is 2.33. The number of rotatable bonds is 9. The SMILES string of the molecule is CC(C)NCc1cc(OCCN(C(C)C)C(C)C)ccn1. The fraction of sp³-hybridized carbons (Fsp3) is 0.706. The van der Waals surface area contributed by atoms with Crippen molar-refractivity contribution >= 4 is 0 Å². The van der Waals surface area contributed by atoms with Gasteiger partial charge in [-0.1, -0.05) is 13.8 Å². The van der Waals surface area contributed by atoms with E-state index in [1.807, 2.05) is 18.3 Å². The zero-order valence-electron chi connectivity index (χ0n) is 14.4. The zero-order valence-corrected chi connectivity index (χ0v) is 14.4. The Kier molecular flexibility index (Phi) is 7.68. The molecule has 0 unspecified atom stereocenters. The number of ether oxygens (including phenoxy) is 1. The van der Waals surface area contributed by atoms with Crippen molar-refractivity contribution in [2.45, 2.75) is 66.2 Å². The maximum Gasteiger partial charge on any atom is 0.122 e. The highest BCUT2D eigenvalue weighted by Crippen LogP contribution is 2.12. The van der Waals surface area contributed by atoms with Crippen molar-refractivity contribution in [3.63, 3.8) is 0 Å². The van der Waals surface area contributed by atoms with Gasteiger partial charge >= 0.3 is 0 Å². The molecule has 1 rings (SSSR count). The van der Waals surface area contributed by atoms with Crippen LogP contribution in [0.3, 0.4) is 0 Å². The summed E-state index contributed by atoms with van der Waals surface area (Å²) in [6.45, 7) is 15.6. The Bertz CT molecular complexity index is 397. The predicted molar refractivity (Wildman–Crippen MR) is 88.7 cm³/mol. The molecule has 0 aromatic carbocycles. The summed E-state index contributed by atoms with van der Waals surface area (Å²) in [6, 6.07) is 5.48. The molecular weight excluding hydrogens is 262 g/mol. The second-order valence-corrected chi connectivity index (χ2v) is 6.29. The molecule has 1 aromatic heterocycles. The van der Waals surface area contributed by atoms with Crippen LogP contribution in [0.2, 0.25) is 0 Å². The van der Waals surface area contributed by atoms with Crippen LogP contribution in [0.5, 0.6) is 5.75 Å². The summed E-state index contributed by atoms with van der Waals surface area (Å²) in [4.78, 5) is 6.79. The van der Waals surface area contributed by atoms with Crippen LogP contribution in [-0.4, -0.2) is 41.2 Å². The second kappa shape index (κ2) is 9.00. The van der Waals surface area contributed by atoms with Gasteiger partial charge in [0.25, 0.3) is 0 Å². The van der Waals surface area contributed by atoms with Crippen LogP contribution < -0.4 is 10.1 Å². The average Bonchev–Trinajstić information content (AvgIpc) is 2.41. The van der Waals surface area contributed by atoms with Crippen LogP contribution in [0, 0.1) is 0 Å². The quantitative estimate of drug-likeness (QED) is 0.759. The number of nitrogens with one attached hydrogen (secondary N) is 1. The molecule has 0 amide bonds. The summed E-state index contributed by atoms with van der Waals surface area (Å²) in [5.74, 6) is 0.901. The minimum Gasteiger partial charge on any atom is -0.492 e. The van der Waals surface area contributed by atoms with Crippen molar-refractivity contribution in [2.75, 3.05) is 13.2 Å². The molecular formula is C17H31N3O. The van der Waals surface area contributed by atoms with Crippen molar-refractivity contribution in [3.05, 3.63) is 24.0 Å². The van der Waals surface area contributed by atoms with Crippen LogP contribution in [0.1, 0.15) is 47.2 Å². The van der Waals surface area contributed by atoms with E-state index in [4.69, 9.17) is 4.74 Å². The lowest BCUT2D eigenvalue weighted by Gasteiger charge is -2.30. The Morgan fingerprint density at radius 2 is 1.81 bits per heavy atom. The van der Waals surface area contributed by atoms with Gasteiger partial charge < -0.3 is 10.1 Å². The van der Waals surface area contributed by atoms with Gasteiger partial charge in [-0.05, 0) is 33.8 Å². The van der Waals surface area contributed by atoms with Crippen molar-refractivity contribution in [1.82, 2.24) is 15.2 Å². The van der Waals surface area contributed by atoms with Crippen LogP contribution in [-0.2, 0) is 6.54 Å². The molecule has 0 radical (unpaired) electrons. The van der Waals surface area contributed by atoms with Gasteiger partial charge in [-0.15, -0.1) is 0 Å². The molecule has 120 valence electrons. The van der Waals surface area contributed by atoms with Gasteiger partial charge in [-0.2, -0.15) is 0 Å². The first-order valence-electron chi connectivity index (χ1n) is 7.97. The molecule has 1 N–H and O–H groups in total. The van der Waals surface area contributed by atoms with E-state index >= 15 is 0 Å². The predicted octanol–water partition coefficient (Wildman–Crippen LogP) is 3.08. The Labute approximate surface area is 129 Å². The van der Waals surface area contributed by atoms with Crippen molar-refractivity contribution in [1.29, 1.82) is 0 Å². The summed E-state index contributed by atoms with van der Waals surface area (Å²) in [6.07, 6.45) is 1.81. The minimum absolute atomic E-state index is 0.460. The van der Waals surface area contributed by atoms with Crippen LogP contribution in [0.25, 0.3) is 0 Å². The first-order valence-corrected chi connectivity index (χ1v) is 7.97. The molecule has 4 heteroatoms. The van der Waals surface area contributed by atoms with Crippen LogP contribution in [0.15, 0.2) is 18.3 Å². The number of nitrogens with zero attached hydrogens (tertiary/aromatic N) is 2. The second-order valence-electron chi connectivity index (χ2n) is 6.29. The Morgan fingerprint density at radius 1 is 1.14 bits per heavy atom. The third-order valence-corrected chi connectivity index (χ3v) is 3.42. The van der Waals surface area contributed by atoms with Gasteiger partial charge in [-0.3, -0.25) is 9.88 Å². The molecule has 0 aliphatic carbocycles. The smallest absolute Gasteiger partial charge is 0.122 e. The maximum atomic E-state index is 5.87. The van der Waals surface area contributed by atoms with Crippen LogP contribution >= 0.6 is 0 Å². The molecule has 0 atom stereocenters. The van der Waals surface area contributed by atoms with E-state index in [1.165, 1.54) is 0 Å². The first-order chi connectivity index (χ1) is 9.90. The molecule has 0 saturated heterocycles. The number of hydrogen-bond acceptors (Lipinski definition) is 4. The lowest BCUT2D eigenvalue weighted by Crippen LogP contribution is -2.39. The molecule has 0 bridgehead atoms. The van der Waals surface area contributed by atoms with Crippen LogP contribution in [0.4, 0.5) is 0 Å². The Morgan fingerprint density at radius 3 is 2.38 bits per heavy atom. The van der Waals surface area contributed by atoms with Gasteiger partial charge in [0, 0.05) is 43.5 Å². The molecule has 1 heterocycles. The zero-order chi connectivity index (χ0) is 15.8. The van der Waals surface area contributed by atoms with Gasteiger partial charge in [0.05, 0.1) is 5.69 Å². The van der Waals surface area contributed by atoms with Crippen molar-refractivity contribution < 1.29 is 4.74 Å². The van der Waals surface area contributed by atoms with E-state index in [9.17, 15) is 0 Å². The summed E-state index contributed by atoms with van der Waals surface area (Å²) in [5, 5.41) is 3.37. The summed E-state index contributed by atoms with van der Waals surface area (Å²) < 4.78 is 5.87. The lowest BCUT2D eigenvalue weighted by molar-refractivity contribution is 0.142. The lowest BCUT2D eigenvalue weighted by atomic mass is 10.2. The van der Waals surface area contributed by atoms with Crippen molar-refractivity contribution in [3.8, 4) is 5.75 Å². The molecule has 0 fully saturated rings. The van der Waals surface area contributed by atoms with E-state index in [2.05, 4.69) is 56.7 Å². The monoisotopic (exact) mass is 293 g/mol. The van der Waals surface area contributed by atoms with Gasteiger partial charge in [0.15, 0.2) is 0 Å². The largest absolute Gasteiger partial charge is 0.492 e. The number of pyridine rings is 1. The van der Waals surface area contributed by atoms with Gasteiger partial charge in [0.2, 0.25) is 0 Å². The summed E-state index contributed by atoms with van der Waals surface area (Å²) >= 11 is 0. The molecule has 0 aliphatic rings. The maximum absolute atomic E-state index is 5.87. The molecule has 1 aromatic rings. The highest BCUT2D eigenvalue weighted by Gasteiger charge is 2.12. The standard InChI is InChI=1S/C17H31N3O/c1-13(2)19-12-16-11-17(7-8-18-16)21-10-9-20(14(3)4)15(5)6/h7-8,11,13-15,19H,9-10,12H2,1-6H3. The molecule has 0 aliphatic heterocycles. The third-order valence-electron chi connectivity index (χ3n) is 3.42. The average molecular weight is 293 g/mol. The number of aromatic nitrogens is 1. The summed E-state index contributed by atoms with van der Waals surface area (Å²) in [5.41, 5.74) is 1.02. The summed E-state index contributed by atoms with van der Waals surface area (Å²) in [7, 11) is 0. The molecule has 0 saturated carbocycles. The van der Waals surface area contributed by atoms with E-state index in [1.54, 1.807) is 0 Å². The Hall–Kier alpha value is -1.13. The first kappa shape index (κ1) is 17.9. The number of hydrogen-bond donors (Lipinski definition) is 1. The van der Waals surface area contributed by atoms with Gasteiger partial charge in [0.1, 0.15) is 12.4 Å². The van der Waals surface area contributed by atoms with E-state index in [-0.39, 0.29) is 0 Å².